The molecule has 1 aromatic rings. The Morgan fingerprint density at radius 1 is 1.47 bits per heavy atom. The summed E-state index contributed by atoms with van der Waals surface area (Å²) in [6, 6.07) is 5.60. The summed E-state index contributed by atoms with van der Waals surface area (Å²) in [6.45, 7) is 0.385. The summed E-state index contributed by atoms with van der Waals surface area (Å²) in [7, 11) is 2.00. The number of carbonyl (C=O) groups is 1. The molecule has 104 valence electrons. The summed E-state index contributed by atoms with van der Waals surface area (Å²) in [4.78, 5) is 14.1. The van der Waals surface area contributed by atoms with Gasteiger partial charge in [-0.1, -0.05) is 24.4 Å². The maximum atomic E-state index is 12.0. The second-order valence-corrected chi connectivity index (χ2v) is 5.55. The van der Waals surface area contributed by atoms with E-state index in [0.717, 1.165) is 0 Å². The zero-order chi connectivity index (χ0) is 13.8. The van der Waals surface area contributed by atoms with E-state index in [1.165, 1.54) is 25.7 Å². The Labute approximate surface area is 118 Å². The first-order chi connectivity index (χ1) is 9.06. The molecule has 0 aliphatic heterocycles. The molecule has 0 aromatic heterocycles. The standard InChI is InChI=1S/C14H20ClN3O/c1-18(11-4-2-3-5-11)9-14(19)17-13-8-10(16)6-7-12(13)15/h6-8,11H,2-5,9,16H2,1H3,(H,17,19). The number of halogens is 1. The van der Waals surface area contributed by atoms with Gasteiger partial charge in [-0.3, -0.25) is 9.69 Å². The van der Waals surface area contributed by atoms with Gasteiger partial charge in [0.1, 0.15) is 0 Å². The maximum Gasteiger partial charge on any atom is 0.238 e. The van der Waals surface area contributed by atoms with Crippen molar-refractivity contribution in [1.82, 2.24) is 4.90 Å². The Hall–Kier alpha value is -1.26. The molecule has 3 N–H and O–H groups in total. The van der Waals surface area contributed by atoms with Crippen LogP contribution in [0.1, 0.15) is 25.7 Å². The molecule has 1 fully saturated rings. The van der Waals surface area contributed by atoms with Gasteiger partial charge in [0.25, 0.3) is 0 Å². The highest BCUT2D eigenvalue weighted by atomic mass is 35.5. The van der Waals surface area contributed by atoms with Crippen LogP contribution in [0.25, 0.3) is 0 Å². The number of nitrogens with one attached hydrogen (secondary N) is 1. The van der Waals surface area contributed by atoms with Crippen LogP contribution < -0.4 is 11.1 Å². The molecule has 19 heavy (non-hydrogen) atoms. The fraction of sp³-hybridized carbons (Fsp3) is 0.500. The van der Waals surface area contributed by atoms with Crippen LogP contribution in [-0.2, 0) is 4.79 Å². The van der Waals surface area contributed by atoms with Gasteiger partial charge in [-0.25, -0.2) is 0 Å². The van der Waals surface area contributed by atoms with Crippen LogP contribution in [0.4, 0.5) is 11.4 Å². The minimum atomic E-state index is -0.0538. The third-order valence-electron chi connectivity index (χ3n) is 3.61. The second-order valence-electron chi connectivity index (χ2n) is 5.14. The smallest absolute Gasteiger partial charge is 0.238 e. The first kappa shape index (κ1) is 14.2. The molecule has 4 nitrogen and oxygen atoms in total. The van der Waals surface area contributed by atoms with Gasteiger partial charge in [-0.2, -0.15) is 0 Å². The largest absolute Gasteiger partial charge is 0.399 e. The van der Waals surface area contributed by atoms with Crippen molar-refractivity contribution in [3.8, 4) is 0 Å². The molecule has 0 bridgehead atoms. The Bertz CT molecular complexity index is 458. The maximum absolute atomic E-state index is 12.0. The van der Waals surface area contributed by atoms with E-state index in [9.17, 15) is 4.79 Å². The van der Waals surface area contributed by atoms with E-state index in [0.29, 0.717) is 29.0 Å². The van der Waals surface area contributed by atoms with Crippen molar-refractivity contribution in [3.63, 3.8) is 0 Å². The average Bonchev–Trinajstić information content (AvgIpc) is 2.87. The van der Waals surface area contributed by atoms with Crippen LogP contribution in [0, 0.1) is 0 Å². The van der Waals surface area contributed by atoms with Gasteiger partial charge < -0.3 is 11.1 Å². The summed E-state index contributed by atoms with van der Waals surface area (Å²) in [5, 5.41) is 3.32. The van der Waals surface area contributed by atoms with Gasteiger partial charge in [-0.15, -0.1) is 0 Å². The van der Waals surface area contributed by atoms with Crippen LogP contribution in [0.15, 0.2) is 18.2 Å². The molecular weight excluding hydrogens is 262 g/mol. The SMILES string of the molecule is CN(CC(=O)Nc1cc(N)ccc1Cl)C1CCCC1. The second kappa shape index (κ2) is 6.26. The number of nitrogens with two attached hydrogens (primary N) is 1. The first-order valence-corrected chi connectivity index (χ1v) is 6.99. The lowest BCUT2D eigenvalue weighted by Gasteiger charge is -2.23. The number of hydrogen-bond donors (Lipinski definition) is 2. The highest BCUT2D eigenvalue weighted by Gasteiger charge is 2.21. The first-order valence-electron chi connectivity index (χ1n) is 6.61. The van der Waals surface area contributed by atoms with Crippen LogP contribution in [0.5, 0.6) is 0 Å². The van der Waals surface area contributed by atoms with Crippen LogP contribution in [0.3, 0.4) is 0 Å². The number of hydrogen-bond acceptors (Lipinski definition) is 3. The average molecular weight is 282 g/mol. The lowest BCUT2D eigenvalue weighted by atomic mass is 10.2. The monoisotopic (exact) mass is 281 g/mol. The molecule has 0 atom stereocenters. The minimum Gasteiger partial charge on any atom is -0.399 e. The quantitative estimate of drug-likeness (QED) is 0.835. The topological polar surface area (TPSA) is 58.4 Å². The van der Waals surface area contributed by atoms with E-state index in [2.05, 4.69) is 10.2 Å². The molecule has 0 saturated heterocycles. The third kappa shape index (κ3) is 3.85. The van der Waals surface area contributed by atoms with Gasteiger partial charge in [0.05, 0.1) is 17.3 Å². The van der Waals surface area contributed by atoms with Crippen LogP contribution in [0.2, 0.25) is 5.02 Å². The summed E-state index contributed by atoms with van der Waals surface area (Å²) in [5.74, 6) is -0.0538. The van der Waals surface area contributed by atoms with Gasteiger partial charge in [0.15, 0.2) is 0 Å². The van der Waals surface area contributed by atoms with E-state index in [-0.39, 0.29) is 5.91 Å². The van der Waals surface area contributed by atoms with E-state index in [1.54, 1.807) is 18.2 Å². The Morgan fingerprint density at radius 2 is 2.16 bits per heavy atom. The molecule has 0 radical (unpaired) electrons. The number of benzene rings is 1. The predicted octanol–water partition coefficient (Wildman–Crippen LogP) is 2.74. The van der Waals surface area contributed by atoms with Crippen molar-refractivity contribution in [2.75, 3.05) is 24.6 Å². The summed E-state index contributed by atoms with van der Waals surface area (Å²) < 4.78 is 0. The zero-order valence-corrected chi connectivity index (χ0v) is 11.9. The van der Waals surface area contributed by atoms with Crippen LogP contribution in [-0.4, -0.2) is 30.4 Å². The van der Waals surface area contributed by atoms with Crippen LogP contribution >= 0.6 is 11.6 Å². The highest BCUT2D eigenvalue weighted by Crippen LogP contribution is 2.25. The number of nitrogen functional groups attached to an aromatic ring is 1. The number of nitrogens with zero attached hydrogens (tertiary/aromatic N) is 1. The third-order valence-corrected chi connectivity index (χ3v) is 3.94. The molecule has 2 rings (SSSR count). The fourth-order valence-electron chi connectivity index (χ4n) is 2.53. The number of rotatable bonds is 4. The van der Waals surface area contributed by atoms with Gasteiger partial charge in [0, 0.05) is 11.7 Å². The molecule has 0 heterocycles. The molecule has 1 saturated carbocycles. The molecule has 1 amide bonds. The van der Waals surface area contributed by atoms with Gasteiger partial charge in [0.2, 0.25) is 5.91 Å². The number of carbonyl (C=O) groups excluding carboxylic acids is 1. The van der Waals surface area contributed by atoms with Crippen molar-refractivity contribution in [2.24, 2.45) is 0 Å². The molecule has 0 spiro atoms. The van der Waals surface area contributed by atoms with Crippen molar-refractivity contribution in [1.29, 1.82) is 0 Å². The summed E-state index contributed by atoms with van der Waals surface area (Å²) >= 11 is 6.02. The van der Waals surface area contributed by atoms with Crippen molar-refractivity contribution < 1.29 is 4.79 Å². The minimum absolute atomic E-state index is 0.0538. The number of anilines is 2. The van der Waals surface area contributed by atoms with Crippen molar-refractivity contribution in [3.05, 3.63) is 23.2 Å². The van der Waals surface area contributed by atoms with Gasteiger partial charge >= 0.3 is 0 Å². The normalized spacial score (nSPS) is 15.9. The van der Waals surface area contributed by atoms with Gasteiger partial charge in [-0.05, 0) is 38.1 Å². The molecule has 0 unspecified atom stereocenters. The van der Waals surface area contributed by atoms with E-state index >= 15 is 0 Å². The number of likely N-dealkylation sites (N-methyl/N-ethyl adjacent to an activating group) is 1. The molecule has 1 aliphatic rings. The van der Waals surface area contributed by atoms with Crippen molar-refractivity contribution >= 4 is 28.9 Å². The Balaban J connectivity index is 1.91. The van der Waals surface area contributed by atoms with E-state index in [1.807, 2.05) is 7.05 Å². The fourth-order valence-corrected chi connectivity index (χ4v) is 2.69. The molecular formula is C14H20ClN3O. The zero-order valence-electron chi connectivity index (χ0n) is 11.2. The molecule has 1 aromatic carbocycles. The summed E-state index contributed by atoms with van der Waals surface area (Å²) in [6.07, 6.45) is 4.89. The van der Waals surface area contributed by atoms with Crippen molar-refractivity contribution in [2.45, 2.75) is 31.7 Å². The highest BCUT2D eigenvalue weighted by molar-refractivity contribution is 6.33. The van der Waals surface area contributed by atoms with E-state index in [4.69, 9.17) is 17.3 Å². The lowest BCUT2D eigenvalue weighted by Crippen LogP contribution is -2.36. The Kier molecular flexibility index (Phi) is 4.66. The predicted molar refractivity (Wildman–Crippen MR) is 79.4 cm³/mol. The summed E-state index contributed by atoms with van der Waals surface area (Å²) in [5.41, 5.74) is 6.85. The lowest BCUT2D eigenvalue weighted by molar-refractivity contribution is -0.117. The Morgan fingerprint density at radius 3 is 2.84 bits per heavy atom. The molecule has 5 heteroatoms. The number of amides is 1. The molecule has 1 aliphatic carbocycles. The van der Waals surface area contributed by atoms with E-state index < -0.39 is 0 Å².